The molecule has 3 aromatic rings. The van der Waals surface area contributed by atoms with Gasteiger partial charge in [0.25, 0.3) is 0 Å². The quantitative estimate of drug-likeness (QED) is 0.590. The lowest BCUT2D eigenvalue weighted by atomic mass is 10.1. The van der Waals surface area contributed by atoms with Gasteiger partial charge < -0.3 is 9.47 Å². The van der Waals surface area contributed by atoms with Crippen molar-refractivity contribution in [3.05, 3.63) is 101 Å². The number of allylic oxidation sites excluding steroid dienone is 1. The molecule has 1 aliphatic rings. The van der Waals surface area contributed by atoms with E-state index in [9.17, 15) is 9.18 Å². The van der Waals surface area contributed by atoms with Gasteiger partial charge in [0.2, 0.25) is 5.78 Å². The molecule has 1 heterocycles. The van der Waals surface area contributed by atoms with Gasteiger partial charge in [0.05, 0.1) is 5.56 Å². The van der Waals surface area contributed by atoms with Crippen molar-refractivity contribution in [3.8, 4) is 11.5 Å². The van der Waals surface area contributed by atoms with Gasteiger partial charge in [-0.15, -0.1) is 0 Å². The van der Waals surface area contributed by atoms with Crippen molar-refractivity contribution in [2.24, 2.45) is 0 Å². The molecule has 3 nitrogen and oxygen atoms in total. The lowest BCUT2D eigenvalue weighted by Crippen LogP contribution is -1.98. The zero-order valence-corrected chi connectivity index (χ0v) is 14.7. The third-order valence-corrected chi connectivity index (χ3v) is 4.31. The number of ether oxygens (including phenoxy) is 2. The number of hydrogen-bond donors (Lipinski definition) is 0. The molecule has 0 saturated heterocycles. The number of benzene rings is 3. The molecule has 0 unspecified atom stereocenters. The Morgan fingerprint density at radius 1 is 1.04 bits per heavy atom. The predicted octanol–water partition coefficient (Wildman–Crippen LogP) is 5.33. The number of halogens is 1. The van der Waals surface area contributed by atoms with Crippen LogP contribution in [-0.4, -0.2) is 5.78 Å². The van der Waals surface area contributed by atoms with Crippen molar-refractivity contribution >= 4 is 11.9 Å². The molecule has 0 saturated carbocycles. The highest BCUT2D eigenvalue weighted by atomic mass is 19.1. The molecule has 0 aromatic heterocycles. The number of carbonyl (C=O) groups is 1. The molecular formula is C23H17FO3. The van der Waals surface area contributed by atoms with E-state index in [0.717, 1.165) is 5.56 Å². The first kappa shape index (κ1) is 17.0. The second-order valence-corrected chi connectivity index (χ2v) is 6.43. The zero-order chi connectivity index (χ0) is 18.8. The molecular weight excluding hydrogens is 343 g/mol. The molecule has 0 aliphatic carbocycles. The fourth-order valence-corrected chi connectivity index (χ4v) is 2.86. The number of Topliss-reactive ketones (excluding diaryl/α,β-unsaturated/α-hetero) is 1. The Kier molecular flexibility index (Phi) is 4.47. The van der Waals surface area contributed by atoms with E-state index >= 15 is 0 Å². The fourth-order valence-electron chi connectivity index (χ4n) is 2.86. The van der Waals surface area contributed by atoms with Crippen LogP contribution in [0.3, 0.4) is 0 Å². The summed E-state index contributed by atoms with van der Waals surface area (Å²) in [5.41, 5.74) is 3.30. The van der Waals surface area contributed by atoms with Crippen LogP contribution in [0.5, 0.6) is 11.5 Å². The minimum absolute atomic E-state index is 0.172. The first-order chi connectivity index (χ1) is 13.1. The number of aryl methyl sites for hydroxylation is 1. The topological polar surface area (TPSA) is 35.5 Å². The molecule has 0 atom stereocenters. The van der Waals surface area contributed by atoms with Crippen molar-refractivity contribution in [2.45, 2.75) is 13.5 Å². The molecule has 0 fully saturated rings. The van der Waals surface area contributed by atoms with Crippen LogP contribution in [0.4, 0.5) is 4.39 Å². The summed E-state index contributed by atoms with van der Waals surface area (Å²) in [6, 6.07) is 19.2. The van der Waals surface area contributed by atoms with Crippen LogP contribution in [0.25, 0.3) is 6.08 Å². The Hall–Kier alpha value is -3.40. The third kappa shape index (κ3) is 3.75. The molecule has 0 N–H and O–H groups in total. The van der Waals surface area contributed by atoms with Crippen molar-refractivity contribution < 1.29 is 18.7 Å². The number of rotatable bonds is 4. The van der Waals surface area contributed by atoms with Gasteiger partial charge in [0, 0.05) is 6.07 Å². The van der Waals surface area contributed by atoms with E-state index in [1.165, 1.54) is 23.8 Å². The third-order valence-electron chi connectivity index (χ3n) is 4.31. The highest BCUT2D eigenvalue weighted by molar-refractivity contribution is 6.14. The first-order valence-corrected chi connectivity index (χ1v) is 8.61. The van der Waals surface area contributed by atoms with E-state index in [-0.39, 0.29) is 17.4 Å². The maximum atomic E-state index is 13.3. The lowest BCUT2D eigenvalue weighted by molar-refractivity contribution is 0.101. The summed E-state index contributed by atoms with van der Waals surface area (Å²) < 4.78 is 24.8. The number of fused-ring (bicyclic) bond motifs is 1. The SMILES string of the molecule is Cc1ccc(COc2ccc3c(c2)O/C(=C/c2cccc(F)c2)C3=O)cc1. The maximum absolute atomic E-state index is 13.3. The minimum Gasteiger partial charge on any atom is -0.489 e. The molecule has 27 heavy (non-hydrogen) atoms. The lowest BCUT2D eigenvalue weighted by Gasteiger charge is -2.07. The van der Waals surface area contributed by atoms with E-state index < -0.39 is 0 Å². The van der Waals surface area contributed by atoms with E-state index in [1.54, 1.807) is 30.3 Å². The second kappa shape index (κ2) is 7.08. The fraction of sp³-hybridized carbons (Fsp3) is 0.0870. The average Bonchev–Trinajstić information content (AvgIpc) is 2.96. The van der Waals surface area contributed by atoms with Crippen LogP contribution in [0.2, 0.25) is 0 Å². The van der Waals surface area contributed by atoms with Crippen LogP contribution in [0.1, 0.15) is 27.0 Å². The molecule has 0 amide bonds. The van der Waals surface area contributed by atoms with E-state index in [0.29, 0.717) is 29.2 Å². The first-order valence-electron chi connectivity index (χ1n) is 8.61. The van der Waals surface area contributed by atoms with Gasteiger partial charge in [-0.3, -0.25) is 4.79 Å². The second-order valence-electron chi connectivity index (χ2n) is 6.43. The van der Waals surface area contributed by atoms with Gasteiger partial charge in [0.1, 0.15) is 23.9 Å². The van der Waals surface area contributed by atoms with Crippen LogP contribution in [0.15, 0.2) is 72.5 Å². The zero-order valence-electron chi connectivity index (χ0n) is 14.7. The Balaban J connectivity index is 1.51. The van der Waals surface area contributed by atoms with Crippen molar-refractivity contribution in [3.63, 3.8) is 0 Å². The van der Waals surface area contributed by atoms with Crippen LogP contribution >= 0.6 is 0 Å². The minimum atomic E-state index is -0.362. The Labute approximate surface area is 156 Å². The molecule has 4 rings (SSSR count). The van der Waals surface area contributed by atoms with Crippen molar-refractivity contribution in [1.29, 1.82) is 0 Å². The average molecular weight is 360 g/mol. The van der Waals surface area contributed by atoms with E-state index in [1.807, 2.05) is 31.2 Å². The Morgan fingerprint density at radius 3 is 2.63 bits per heavy atom. The van der Waals surface area contributed by atoms with Crippen molar-refractivity contribution in [2.75, 3.05) is 0 Å². The van der Waals surface area contributed by atoms with Gasteiger partial charge in [-0.2, -0.15) is 0 Å². The summed E-state index contributed by atoms with van der Waals surface area (Å²) in [6.45, 7) is 2.47. The molecule has 0 spiro atoms. The normalized spacial score (nSPS) is 14.1. The summed E-state index contributed by atoms with van der Waals surface area (Å²) in [6.07, 6.45) is 1.54. The van der Waals surface area contributed by atoms with Crippen LogP contribution in [-0.2, 0) is 6.61 Å². The molecule has 134 valence electrons. The van der Waals surface area contributed by atoms with Crippen LogP contribution in [0, 0.1) is 12.7 Å². The van der Waals surface area contributed by atoms with Gasteiger partial charge in [-0.05, 0) is 48.4 Å². The molecule has 3 aromatic carbocycles. The van der Waals surface area contributed by atoms with Gasteiger partial charge >= 0.3 is 0 Å². The van der Waals surface area contributed by atoms with E-state index in [4.69, 9.17) is 9.47 Å². The molecule has 0 radical (unpaired) electrons. The van der Waals surface area contributed by atoms with Gasteiger partial charge in [-0.25, -0.2) is 4.39 Å². The van der Waals surface area contributed by atoms with Crippen molar-refractivity contribution in [1.82, 2.24) is 0 Å². The van der Waals surface area contributed by atoms with Crippen LogP contribution < -0.4 is 9.47 Å². The highest BCUT2D eigenvalue weighted by Gasteiger charge is 2.27. The summed E-state index contributed by atoms with van der Waals surface area (Å²) >= 11 is 0. The number of carbonyl (C=O) groups excluding carboxylic acids is 1. The van der Waals surface area contributed by atoms with E-state index in [2.05, 4.69) is 0 Å². The molecule has 4 heteroatoms. The standard InChI is InChI=1S/C23H17FO3/c1-15-5-7-16(8-6-15)14-26-19-9-10-20-21(13-19)27-22(23(20)25)12-17-3-2-4-18(24)11-17/h2-13H,14H2,1H3/b22-12+. The predicted molar refractivity (Wildman–Crippen MR) is 101 cm³/mol. The molecule has 0 bridgehead atoms. The number of hydrogen-bond acceptors (Lipinski definition) is 3. The summed E-state index contributed by atoms with van der Waals surface area (Å²) in [4.78, 5) is 12.5. The highest BCUT2D eigenvalue weighted by Crippen LogP contribution is 2.35. The number of ketones is 1. The summed E-state index contributed by atoms with van der Waals surface area (Å²) in [7, 11) is 0. The van der Waals surface area contributed by atoms with Gasteiger partial charge in [0.15, 0.2) is 5.76 Å². The molecule has 1 aliphatic heterocycles. The Morgan fingerprint density at radius 2 is 1.85 bits per heavy atom. The largest absolute Gasteiger partial charge is 0.489 e. The summed E-state index contributed by atoms with van der Waals surface area (Å²) in [5, 5.41) is 0. The maximum Gasteiger partial charge on any atom is 0.231 e. The van der Waals surface area contributed by atoms with Gasteiger partial charge in [-0.1, -0.05) is 42.0 Å². The Bertz CT molecular complexity index is 1040. The summed E-state index contributed by atoms with van der Waals surface area (Å²) in [5.74, 6) is 0.655. The monoisotopic (exact) mass is 360 g/mol. The smallest absolute Gasteiger partial charge is 0.231 e.